The fraction of sp³-hybridized carbons (Fsp3) is 1.00. The molecular weight excluding hydrogens is 300 g/mol. The second-order valence-corrected chi connectivity index (χ2v) is 8.96. The summed E-state index contributed by atoms with van der Waals surface area (Å²) in [6.45, 7) is 9.53. The lowest BCUT2D eigenvalue weighted by atomic mass is 9.95. The van der Waals surface area contributed by atoms with Crippen LogP contribution in [0.5, 0.6) is 0 Å². The molecule has 0 rings (SSSR count). The summed E-state index contributed by atoms with van der Waals surface area (Å²) in [5, 5.41) is 0. The zero-order chi connectivity index (χ0) is 18.6. The summed E-state index contributed by atoms with van der Waals surface area (Å²) in [7, 11) is 0. The van der Waals surface area contributed by atoms with Crippen LogP contribution in [0.3, 0.4) is 0 Å². The van der Waals surface area contributed by atoms with Crippen LogP contribution >= 0.6 is 0 Å². The van der Waals surface area contributed by atoms with Gasteiger partial charge in [-0.15, -0.1) is 0 Å². The minimum absolute atomic E-state index is 0.967. The van der Waals surface area contributed by atoms with E-state index in [1.807, 2.05) is 0 Å². The third-order valence-electron chi connectivity index (χ3n) is 5.99. The summed E-state index contributed by atoms with van der Waals surface area (Å²) >= 11 is 0. The van der Waals surface area contributed by atoms with Gasteiger partial charge >= 0.3 is 0 Å². The molecule has 0 aromatic heterocycles. The zero-order valence-electron chi connectivity index (χ0n) is 18.6. The topological polar surface area (TPSA) is 0 Å². The zero-order valence-corrected chi connectivity index (χ0v) is 18.6. The standard InChI is InChI=1S/C25H52/c1-5-7-9-17-21-25(4)23-19-16-14-12-10-11-13-15-18-22-24(3)20-8-6-2/h24-25H,5-23H2,1-4H3. The molecule has 0 heterocycles. The van der Waals surface area contributed by atoms with E-state index in [-0.39, 0.29) is 0 Å². The fourth-order valence-corrected chi connectivity index (χ4v) is 3.98. The molecule has 0 nitrogen and oxygen atoms in total. The van der Waals surface area contributed by atoms with Crippen molar-refractivity contribution in [2.24, 2.45) is 11.8 Å². The highest BCUT2D eigenvalue weighted by molar-refractivity contribution is 4.56. The average molecular weight is 353 g/mol. The van der Waals surface area contributed by atoms with Gasteiger partial charge in [-0.25, -0.2) is 0 Å². The van der Waals surface area contributed by atoms with Gasteiger partial charge in [0, 0.05) is 0 Å². The lowest BCUT2D eigenvalue weighted by molar-refractivity contribution is 0.430. The smallest absolute Gasteiger partial charge is 0.0443 e. The van der Waals surface area contributed by atoms with Gasteiger partial charge < -0.3 is 0 Å². The lowest BCUT2D eigenvalue weighted by Crippen LogP contribution is -1.95. The van der Waals surface area contributed by atoms with Crippen molar-refractivity contribution in [1.82, 2.24) is 0 Å². The van der Waals surface area contributed by atoms with Crippen molar-refractivity contribution < 1.29 is 0 Å². The molecule has 0 amide bonds. The maximum absolute atomic E-state index is 2.47. The summed E-state index contributed by atoms with van der Waals surface area (Å²) in [4.78, 5) is 0. The highest BCUT2D eigenvalue weighted by Gasteiger charge is 2.02. The van der Waals surface area contributed by atoms with Gasteiger partial charge in [-0.05, 0) is 11.8 Å². The normalized spacial score (nSPS) is 13.9. The minimum atomic E-state index is 0.967. The predicted octanol–water partition coefficient (Wildman–Crippen LogP) is 9.71. The van der Waals surface area contributed by atoms with E-state index in [2.05, 4.69) is 27.7 Å². The fourth-order valence-electron chi connectivity index (χ4n) is 3.98. The molecule has 0 N–H and O–H groups in total. The quantitative estimate of drug-likeness (QED) is 0.191. The molecule has 25 heavy (non-hydrogen) atoms. The molecule has 0 aliphatic carbocycles. The van der Waals surface area contributed by atoms with E-state index in [9.17, 15) is 0 Å². The van der Waals surface area contributed by atoms with Gasteiger partial charge in [-0.2, -0.15) is 0 Å². The van der Waals surface area contributed by atoms with Crippen molar-refractivity contribution in [2.45, 2.75) is 150 Å². The van der Waals surface area contributed by atoms with Gasteiger partial charge in [0.05, 0.1) is 0 Å². The van der Waals surface area contributed by atoms with Crippen LogP contribution in [0.25, 0.3) is 0 Å². The second kappa shape index (κ2) is 20.3. The van der Waals surface area contributed by atoms with Crippen LogP contribution in [-0.4, -0.2) is 0 Å². The molecule has 0 aromatic carbocycles. The summed E-state index contributed by atoms with van der Waals surface area (Å²) in [5.74, 6) is 1.94. The molecule has 0 saturated heterocycles. The van der Waals surface area contributed by atoms with E-state index in [0.29, 0.717) is 0 Å². The Kier molecular flexibility index (Phi) is 20.3. The summed E-state index contributed by atoms with van der Waals surface area (Å²) < 4.78 is 0. The molecular formula is C25H52. The van der Waals surface area contributed by atoms with Crippen LogP contribution in [0.1, 0.15) is 150 Å². The van der Waals surface area contributed by atoms with Gasteiger partial charge in [0.25, 0.3) is 0 Å². The van der Waals surface area contributed by atoms with Crippen molar-refractivity contribution in [3.05, 3.63) is 0 Å². The Bertz CT molecular complexity index is 232. The van der Waals surface area contributed by atoms with Gasteiger partial charge in [-0.3, -0.25) is 0 Å². The molecule has 0 heteroatoms. The van der Waals surface area contributed by atoms with Crippen LogP contribution in [0.15, 0.2) is 0 Å². The SMILES string of the molecule is CCCCCCC(C)CCCCCCCCCCCC(C)CCCC. The van der Waals surface area contributed by atoms with Gasteiger partial charge in [0.1, 0.15) is 0 Å². The minimum Gasteiger partial charge on any atom is -0.0654 e. The van der Waals surface area contributed by atoms with Gasteiger partial charge in [0.15, 0.2) is 0 Å². The highest BCUT2D eigenvalue weighted by atomic mass is 14.1. The third kappa shape index (κ3) is 20.2. The van der Waals surface area contributed by atoms with Crippen molar-refractivity contribution in [1.29, 1.82) is 0 Å². The Morgan fingerprint density at radius 3 is 1.00 bits per heavy atom. The Labute approximate surface area is 161 Å². The van der Waals surface area contributed by atoms with Crippen LogP contribution in [0.2, 0.25) is 0 Å². The van der Waals surface area contributed by atoms with Gasteiger partial charge in [-0.1, -0.05) is 150 Å². The molecule has 152 valence electrons. The molecule has 0 bridgehead atoms. The van der Waals surface area contributed by atoms with E-state index in [1.165, 1.54) is 122 Å². The van der Waals surface area contributed by atoms with Gasteiger partial charge in [0.2, 0.25) is 0 Å². The van der Waals surface area contributed by atoms with Crippen LogP contribution < -0.4 is 0 Å². The van der Waals surface area contributed by atoms with E-state index >= 15 is 0 Å². The van der Waals surface area contributed by atoms with E-state index in [1.54, 1.807) is 0 Å². The van der Waals surface area contributed by atoms with Crippen LogP contribution in [0.4, 0.5) is 0 Å². The summed E-state index contributed by atoms with van der Waals surface area (Å²) in [6, 6.07) is 0. The first kappa shape index (κ1) is 25.0. The van der Waals surface area contributed by atoms with Crippen molar-refractivity contribution in [2.75, 3.05) is 0 Å². The summed E-state index contributed by atoms with van der Waals surface area (Å²) in [5.41, 5.74) is 0. The summed E-state index contributed by atoms with van der Waals surface area (Å²) in [6.07, 6.45) is 27.7. The average Bonchev–Trinajstić information content (AvgIpc) is 2.61. The molecule has 0 fully saturated rings. The number of unbranched alkanes of at least 4 members (excludes halogenated alkanes) is 12. The van der Waals surface area contributed by atoms with E-state index < -0.39 is 0 Å². The Morgan fingerprint density at radius 1 is 0.360 bits per heavy atom. The molecule has 2 atom stereocenters. The van der Waals surface area contributed by atoms with Crippen molar-refractivity contribution in [3.8, 4) is 0 Å². The molecule has 2 unspecified atom stereocenters. The molecule has 0 saturated carbocycles. The predicted molar refractivity (Wildman–Crippen MR) is 117 cm³/mol. The van der Waals surface area contributed by atoms with E-state index in [0.717, 1.165) is 11.8 Å². The molecule has 0 spiro atoms. The number of hydrogen-bond donors (Lipinski definition) is 0. The first-order valence-corrected chi connectivity index (χ1v) is 12.2. The Balaban J connectivity index is 3.16. The maximum atomic E-state index is 2.47. The first-order valence-electron chi connectivity index (χ1n) is 12.2. The van der Waals surface area contributed by atoms with Crippen molar-refractivity contribution >= 4 is 0 Å². The molecule has 0 aliphatic rings. The van der Waals surface area contributed by atoms with Crippen molar-refractivity contribution in [3.63, 3.8) is 0 Å². The third-order valence-corrected chi connectivity index (χ3v) is 5.99. The van der Waals surface area contributed by atoms with E-state index in [4.69, 9.17) is 0 Å². The second-order valence-electron chi connectivity index (χ2n) is 8.96. The Morgan fingerprint density at radius 2 is 0.640 bits per heavy atom. The largest absolute Gasteiger partial charge is 0.0654 e. The highest BCUT2D eigenvalue weighted by Crippen LogP contribution is 2.19. The monoisotopic (exact) mass is 352 g/mol. The molecule has 0 aliphatic heterocycles. The number of rotatable bonds is 20. The van der Waals surface area contributed by atoms with Crippen LogP contribution in [0, 0.1) is 11.8 Å². The molecule has 0 aromatic rings. The maximum Gasteiger partial charge on any atom is -0.0443 e. The Hall–Kier alpha value is 0. The first-order chi connectivity index (χ1) is 12.2. The van der Waals surface area contributed by atoms with Crippen LogP contribution in [-0.2, 0) is 0 Å². The lowest BCUT2D eigenvalue weighted by Gasteiger charge is -2.11. The number of hydrogen-bond acceptors (Lipinski definition) is 0. The molecule has 0 radical (unpaired) electrons.